The number of nitrogens with one attached hydrogen (secondary N) is 3. The molecule has 0 saturated heterocycles. The van der Waals surface area contributed by atoms with E-state index in [2.05, 4.69) is 25.9 Å². The zero-order valence-corrected chi connectivity index (χ0v) is 13.8. The van der Waals surface area contributed by atoms with Crippen LogP contribution in [0.4, 0.5) is 11.8 Å². The molecule has 0 aliphatic carbocycles. The summed E-state index contributed by atoms with van der Waals surface area (Å²) in [5, 5.41) is 9.18. The highest BCUT2D eigenvalue weighted by molar-refractivity contribution is 5.94. The largest absolute Gasteiger partial charge is 0.368 e. The van der Waals surface area contributed by atoms with Gasteiger partial charge in [-0.2, -0.15) is 4.98 Å². The Balaban J connectivity index is 1.82. The van der Waals surface area contributed by atoms with Gasteiger partial charge in [0.05, 0.1) is 0 Å². The summed E-state index contributed by atoms with van der Waals surface area (Å²) in [6.07, 6.45) is 0. The fourth-order valence-electron chi connectivity index (χ4n) is 2.15. The van der Waals surface area contributed by atoms with Crippen molar-refractivity contribution in [3.05, 3.63) is 47.2 Å². The van der Waals surface area contributed by atoms with Crippen LogP contribution in [0.5, 0.6) is 0 Å². The highest BCUT2D eigenvalue weighted by Crippen LogP contribution is 2.09. The van der Waals surface area contributed by atoms with E-state index < -0.39 is 0 Å². The van der Waals surface area contributed by atoms with Crippen LogP contribution in [0.15, 0.2) is 30.3 Å². The third-order valence-electron chi connectivity index (χ3n) is 3.19. The number of amides is 1. The zero-order valence-electron chi connectivity index (χ0n) is 13.8. The number of aryl methyl sites for hydroxylation is 2. The Bertz CT molecular complexity index is 672. The third kappa shape index (κ3) is 5.25. The van der Waals surface area contributed by atoms with Crippen LogP contribution in [0, 0.1) is 13.8 Å². The van der Waals surface area contributed by atoms with Gasteiger partial charge < -0.3 is 16.0 Å². The molecule has 23 heavy (non-hydrogen) atoms. The second-order valence-corrected chi connectivity index (χ2v) is 5.30. The maximum absolute atomic E-state index is 12.0. The molecule has 0 aliphatic rings. The van der Waals surface area contributed by atoms with E-state index in [1.54, 1.807) is 0 Å². The van der Waals surface area contributed by atoms with E-state index in [9.17, 15) is 4.79 Å². The first-order valence-electron chi connectivity index (χ1n) is 7.77. The van der Waals surface area contributed by atoms with Gasteiger partial charge in [0.1, 0.15) is 5.82 Å². The molecule has 0 saturated carbocycles. The number of hydrogen-bond donors (Lipinski definition) is 3. The average Bonchev–Trinajstić information content (AvgIpc) is 2.51. The molecule has 1 aromatic carbocycles. The summed E-state index contributed by atoms with van der Waals surface area (Å²) in [4.78, 5) is 20.7. The lowest BCUT2D eigenvalue weighted by molar-refractivity contribution is 0.0955. The number of nitrogens with zero attached hydrogens (tertiary/aromatic N) is 2. The molecule has 0 radical (unpaired) electrons. The van der Waals surface area contributed by atoms with Crippen molar-refractivity contribution in [2.75, 3.05) is 30.3 Å². The van der Waals surface area contributed by atoms with E-state index >= 15 is 0 Å². The molecule has 0 unspecified atom stereocenters. The van der Waals surface area contributed by atoms with Gasteiger partial charge in [0.25, 0.3) is 5.91 Å². The van der Waals surface area contributed by atoms with Gasteiger partial charge in [-0.3, -0.25) is 4.79 Å². The van der Waals surface area contributed by atoms with Crippen molar-refractivity contribution < 1.29 is 4.79 Å². The zero-order chi connectivity index (χ0) is 16.7. The first kappa shape index (κ1) is 16.7. The molecule has 0 bridgehead atoms. The van der Waals surface area contributed by atoms with Crippen LogP contribution in [-0.2, 0) is 0 Å². The normalized spacial score (nSPS) is 10.2. The van der Waals surface area contributed by atoms with Crippen LogP contribution >= 0.6 is 0 Å². The first-order valence-corrected chi connectivity index (χ1v) is 7.77. The standard InChI is InChI=1S/C17H23N5O/c1-4-18-17-21-13(3)11-15(22-17)19-8-9-20-16(23)14-7-5-6-12(2)10-14/h5-7,10-11H,4,8-9H2,1-3H3,(H,20,23)(H2,18,19,21,22). The van der Waals surface area contributed by atoms with Crippen LogP contribution < -0.4 is 16.0 Å². The summed E-state index contributed by atoms with van der Waals surface area (Å²) in [6.45, 7) is 7.78. The minimum atomic E-state index is -0.0669. The van der Waals surface area contributed by atoms with Gasteiger partial charge >= 0.3 is 0 Å². The van der Waals surface area contributed by atoms with Crippen LogP contribution in [0.3, 0.4) is 0 Å². The van der Waals surface area contributed by atoms with Gasteiger partial charge in [0, 0.05) is 37.0 Å². The molecule has 0 spiro atoms. The highest BCUT2D eigenvalue weighted by atomic mass is 16.1. The van der Waals surface area contributed by atoms with Crippen LogP contribution in [0.2, 0.25) is 0 Å². The van der Waals surface area contributed by atoms with Gasteiger partial charge in [0.2, 0.25) is 5.95 Å². The summed E-state index contributed by atoms with van der Waals surface area (Å²) >= 11 is 0. The average molecular weight is 313 g/mol. The highest BCUT2D eigenvalue weighted by Gasteiger charge is 2.05. The van der Waals surface area contributed by atoms with Gasteiger partial charge in [-0.25, -0.2) is 4.98 Å². The summed E-state index contributed by atoms with van der Waals surface area (Å²) < 4.78 is 0. The van der Waals surface area contributed by atoms with Crippen LogP contribution in [0.25, 0.3) is 0 Å². The van der Waals surface area contributed by atoms with Gasteiger partial charge in [-0.1, -0.05) is 17.7 Å². The Hall–Kier alpha value is -2.63. The molecule has 3 N–H and O–H groups in total. The number of hydrogen-bond acceptors (Lipinski definition) is 5. The number of carbonyl (C=O) groups excluding carboxylic acids is 1. The lowest BCUT2D eigenvalue weighted by atomic mass is 10.1. The van der Waals surface area contributed by atoms with Gasteiger partial charge in [-0.05, 0) is 32.9 Å². The third-order valence-corrected chi connectivity index (χ3v) is 3.19. The molecule has 0 aliphatic heterocycles. The Morgan fingerprint density at radius 1 is 1.09 bits per heavy atom. The number of carbonyl (C=O) groups is 1. The van der Waals surface area contributed by atoms with E-state index in [-0.39, 0.29) is 5.91 Å². The molecule has 1 aromatic heterocycles. The molecular weight excluding hydrogens is 290 g/mol. The Kier molecular flexibility index (Phi) is 5.91. The van der Waals surface area contributed by atoms with E-state index in [1.807, 2.05) is 51.1 Å². The van der Waals surface area contributed by atoms with E-state index in [4.69, 9.17) is 0 Å². The topological polar surface area (TPSA) is 78.9 Å². The van der Waals surface area contributed by atoms with E-state index in [0.717, 1.165) is 23.6 Å². The second-order valence-electron chi connectivity index (χ2n) is 5.30. The molecule has 6 nitrogen and oxygen atoms in total. The second kappa shape index (κ2) is 8.12. The molecule has 0 fully saturated rings. The minimum absolute atomic E-state index is 0.0669. The van der Waals surface area contributed by atoms with Crippen LogP contribution in [0.1, 0.15) is 28.5 Å². The SMILES string of the molecule is CCNc1nc(C)cc(NCCNC(=O)c2cccc(C)c2)n1. The Morgan fingerprint density at radius 2 is 1.91 bits per heavy atom. The number of rotatable bonds is 7. The predicted octanol–water partition coefficient (Wildman–Crippen LogP) is 2.37. The smallest absolute Gasteiger partial charge is 0.251 e. The van der Waals surface area contributed by atoms with Crippen molar-refractivity contribution in [3.8, 4) is 0 Å². The molecule has 6 heteroatoms. The minimum Gasteiger partial charge on any atom is -0.368 e. The van der Waals surface area contributed by atoms with Gasteiger partial charge in [0.15, 0.2) is 0 Å². The maximum atomic E-state index is 12.0. The van der Waals surface area contributed by atoms with Crippen molar-refractivity contribution >= 4 is 17.7 Å². The lowest BCUT2D eigenvalue weighted by Crippen LogP contribution is -2.29. The predicted molar refractivity (Wildman–Crippen MR) is 92.9 cm³/mol. The summed E-state index contributed by atoms with van der Waals surface area (Å²) in [7, 11) is 0. The molecule has 0 atom stereocenters. The van der Waals surface area contributed by atoms with Gasteiger partial charge in [-0.15, -0.1) is 0 Å². The molecule has 1 heterocycles. The fraction of sp³-hybridized carbons (Fsp3) is 0.353. The molecule has 2 aromatic rings. The van der Waals surface area contributed by atoms with E-state index in [0.29, 0.717) is 24.6 Å². The molecular formula is C17H23N5O. The summed E-state index contributed by atoms with van der Waals surface area (Å²) in [6, 6.07) is 9.42. The number of anilines is 2. The van der Waals surface area contributed by atoms with Crippen molar-refractivity contribution in [3.63, 3.8) is 0 Å². The van der Waals surface area contributed by atoms with Crippen LogP contribution in [-0.4, -0.2) is 35.5 Å². The van der Waals surface area contributed by atoms with Crippen molar-refractivity contribution in [1.29, 1.82) is 0 Å². The molecule has 2 rings (SSSR count). The quantitative estimate of drug-likeness (QED) is 0.684. The van der Waals surface area contributed by atoms with E-state index in [1.165, 1.54) is 0 Å². The monoisotopic (exact) mass is 313 g/mol. The number of aromatic nitrogens is 2. The maximum Gasteiger partial charge on any atom is 0.251 e. The Labute approximate surface area is 136 Å². The summed E-state index contributed by atoms with van der Waals surface area (Å²) in [5.41, 5.74) is 2.64. The molecule has 122 valence electrons. The summed E-state index contributed by atoms with van der Waals surface area (Å²) in [5.74, 6) is 1.29. The Morgan fingerprint density at radius 3 is 2.65 bits per heavy atom. The first-order chi connectivity index (χ1) is 11.1. The fourth-order valence-corrected chi connectivity index (χ4v) is 2.15. The lowest BCUT2D eigenvalue weighted by Gasteiger charge is -2.10. The number of benzene rings is 1. The van der Waals surface area contributed by atoms with Crippen molar-refractivity contribution in [2.45, 2.75) is 20.8 Å². The van der Waals surface area contributed by atoms with Crippen molar-refractivity contribution in [1.82, 2.24) is 15.3 Å². The van der Waals surface area contributed by atoms with Crippen molar-refractivity contribution in [2.24, 2.45) is 0 Å². The molecule has 1 amide bonds.